The zero-order chi connectivity index (χ0) is 15.4. The molecule has 1 amide bonds. The maximum atomic E-state index is 12.0. The van der Waals surface area contributed by atoms with Crippen molar-refractivity contribution >= 4 is 5.91 Å². The minimum atomic E-state index is -0.336. The summed E-state index contributed by atoms with van der Waals surface area (Å²) in [6.07, 6.45) is 7.73. The second-order valence-electron chi connectivity index (χ2n) is 4.57. The molecule has 0 aliphatic heterocycles. The summed E-state index contributed by atoms with van der Waals surface area (Å²) in [5.74, 6) is 0.796. The van der Waals surface area contributed by atoms with Crippen molar-refractivity contribution in [3.05, 3.63) is 54.6 Å². The van der Waals surface area contributed by atoms with E-state index >= 15 is 0 Å². The third kappa shape index (κ3) is 2.95. The molecule has 0 saturated heterocycles. The molecule has 2 N–H and O–H groups in total. The predicted molar refractivity (Wildman–Crippen MR) is 77.5 cm³/mol. The lowest BCUT2D eigenvalue weighted by Gasteiger charge is -2.09. The number of carbonyl (C=O) groups excluding carboxylic acids is 1. The van der Waals surface area contributed by atoms with Gasteiger partial charge in [-0.2, -0.15) is 5.10 Å². The average Bonchev–Trinajstić information content (AvgIpc) is 3.06. The van der Waals surface area contributed by atoms with Gasteiger partial charge in [-0.15, -0.1) is 0 Å². The summed E-state index contributed by atoms with van der Waals surface area (Å²) in [7, 11) is 0. The number of aromatic amines is 1. The molecule has 3 rings (SSSR count). The first-order valence-corrected chi connectivity index (χ1v) is 6.63. The van der Waals surface area contributed by atoms with E-state index in [1.165, 1.54) is 18.6 Å². The molecule has 110 valence electrons. The molecule has 0 aliphatic carbocycles. The van der Waals surface area contributed by atoms with Crippen molar-refractivity contribution in [2.75, 3.05) is 0 Å². The largest absolute Gasteiger partial charge is 0.341 e. The van der Waals surface area contributed by atoms with Crippen molar-refractivity contribution in [2.45, 2.75) is 13.0 Å². The van der Waals surface area contributed by atoms with Crippen LogP contribution in [0.15, 0.2) is 43.1 Å². The molecule has 0 aliphatic rings. The highest BCUT2D eigenvalue weighted by atomic mass is 16.1. The second-order valence-corrected chi connectivity index (χ2v) is 4.57. The number of amides is 1. The molecule has 0 saturated carbocycles. The monoisotopic (exact) mass is 295 g/mol. The molecule has 0 radical (unpaired) electrons. The lowest BCUT2D eigenvalue weighted by molar-refractivity contribution is 0.0933. The molecule has 0 bridgehead atoms. The summed E-state index contributed by atoms with van der Waals surface area (Å²) >= 11 is 0. The predicted octanol–water partition coefficient (Wildman–Crippen LogP) is 1.15. The molecule has 3 aromatic heterocycles. The zero-order valence-electron chi connectivity index (χ0n) is 11.8. The van der Waals surface area contributed by atoms with Crippen LogP contribution in [0.4, 0.5) is 0 Å². The molecule has 0 spiro atoms. The van der Waals surface area contributed by atoms with Crippen molar-refractivity contribution < 1.29 is 4.79 Å². The van der Waals surface area contributed by atoms with Crippen molar-refractivity contribution in [3.63, 3.8) is 0 Å². The number of aromatic nitrogens is 6. The van der Waals surface area contributed by atoms with Crippen LogP contribution in [0.5, 0.6) is 0 Å². The van der Waals surface area contributed by atoms with Gasteiger partial charge < -0.3 is 5.32 Å². The van der Waals surface area contributed by atoms with Crippen LogP contribution in [0.3, 0.4) is 0 Å². The highest BCUT2D eigenvalue weighted by molar-refractivity contribution is 5.92. The third-order valence-electron chi connectivity index (χ3n) is 2.99. The normalized spacial score (nSPS) is 11.9. The number of hydrogen-bond donors (Lipinski definition) is 2. The van der Waals surface area contributed by atoms with E-state index in [0.717, 1.165) is 5.56 Å². The van der Waals surface area contributed by atoms with Crippen LogP contribution in [-0.2, 0) is 0 Å². The van der Waals surface area contributed by atoms with Crippen LogP contribution in [0, 0.1) is 0 Å². The number of rotatable bonds is 4. The van der Waals surface area contributed by atoms with Gasteiger partial charge in [0.1, 0.15) is 11.5 Å². The standard InChI is InChI=1S/C14H13N7O/c1-9(18-14(22)11-8-16-6-7-17-11)12-19-13(21-20-12)10-2-4-15-5-3-10/h2-9H,1H3,(H,18,22)(H,19,20,21)/t9-/m1/s1. The van der Waals surface area contributed by atoms with Crippen molar-refractivity contribution in [3.8, 4) is 11.4 Å². The lowest BCUT2D eigenvalue weighted by Crippen LogP contribution is -2.28. The minimum Gasteiger partial charge on any atom is -0.341 e. The molecule has 0 unspecified atom stereocenters. The van der Waals surface area contributed by atoms with E-state index in [4.69, 9.17) is 0 Å². The van der Waals surface area contributed by atoms with Crippen LogP contribution >= 0.6 is 0 Å². The quantitative estimate of drug-likeness (QED) is 0.747. The second kappa shape index (κ2) is 6.08. The molecular weight excluding hydrogens is 282 g/mol. The van der Waals surface area contributed by atoms with Gasteiger partial charge >= 0.3 is 0 Å². The Bertz CT molecular complexity index is 757. The van der Waals surface area contributed by atoms with Crippen molar-refractivity contribution in [1.82, 2.24) is 35.5 Å². The average molecular weight is 295 g/mol. The van der Waals surface area contributed by atoms with Gasteiger partial charge in [-0.25, -0.2) is 9.97 Å². The molecule has 0 fully saturated rings. The van der Waals surface area contributed by atoms with Gasteiger partial charge in [0.2, 0.25) is 0 Å². The van der Waals surface area contributed by atoms with Crippen LogP contribution < -0.4 is 5.32 Å². The number of hydrogen-bond acceptors (Lipinski definition) is 6. The van der Waals surface area contributed by atoms with Gasteiger partial charge in [0.15, 0.2) is 5.82 Å². The fourth-order valence-corrected chi connectivity index (χ4v) is 1.85. The van der Waals surface area contributed by atoms with Gasteiger partial charge in [-0.1, -0.05) is 0 Å². The van der Waals surface area contributed by atoms with E-state index in [1.807, 2.05) is 19.1 Å². The molecule has 22 heavy (non-hydrogen) atoms. The fourth-order valence-electron chi connectivity index (χ4n) is 1.85. The van der Waals surface area contributed by atoms with Crippen LogP contribution in [0.1, 0.15) is 29.3 Å². The number of carbonyl (C=O) groups is 1. The molecule has 0 aromatic carbocycles. The first kappa shape index (κ1) is 13.8. The summed E-state index contributed by atoms with van der Waals surface area (Å²) in [4.78, 5) is 28.2. The Morgan fingerprint density at radius 3 is 2.73 bits per heavy atom. The molecule has 8 heteroatoms. The SMILES string of the molecule is C[C@@H](NC(=O)c1cnccn1)c1nc(-c2ccncc2)n[nH]1. The number of nitrogens with one attached hydrogen (secondary N) is 2. The summed E-state index contributed by atoms with van der Waals surface area (Å²) in [5, 5.41) is 9.76. The fraction of sp³-hybridized carbons (Fsp3) is 0.143. The number of H-pyrrole nitrogens is 1. The highest BCUT2D eigenvalue weighted by Crippen LogP contribution is 2.15. The molecule has 3 aromatic rings. The molecule has 8 nitrogen and oxygen atoms in total. The minimum absolute atomic E-state index is 0.253. The van der Waals surface area contributed by atoms with E-state index in [9.17, 15) is 4.79 Å². The van der Waals surface area contributed by atoms with Crippen LogP contribution in [-0.4, -0.2) is 36.0 Å². The van der Waals surface area contributed by atoms with Crippen molar-refractivity contribution in [1.29, 1.82) is 0 Å². The van der Waals surface area contributed by atoms with E-state index < -0.39 is 0 Å². The van der Waals surface area contributed by atoms with Gasteiger partial charge in [0.25, 0.3) is 5.91 Å². The molecular formula is C14H13N7O. The van der Waals surface area contributed by atoms with E-state index in [0.29, 0.717) is 11.6 Å². The third-order valence-corrected chi connectivity index (χ3v) is 2.99. The van der Waals surface area contributed by atoms with Gasteiger partial charge in [0.05, 0.1) is 12.2 Å². The first-order valence-electron chi connectivity index (χ1n) is 6.63. The maximum Gasteiger partial charge on any atom is 0.272 e. The summed E-state index contributed by atoms with van der Waals surface area (Å²) in [6, 6.07) is 3.29. The lowest BCUT2D eigenvalue weighted by atomic mass is 10.2. The van der Waals surface area contributed by atoms with E-state index in [1.54, 1.807) is 12.4 Å². The topological polar surface area (TPSA) is 109 Å². The smallest absolute Gasteiger partial charge is 0.272 e. The summed E-state index contributed by atoms with van der Waals surface area (Å²) in [6.45, 7) is 1.81. The van der Waals surface area contributed by atoms with Gasteiger partial charge in [-0.3, -0.25) is 19.9 Å². The Balaban J connectivity index is 1.72. The van der Waals surface area contributed by atoms with Crippen LogP contribution in [0.25, 0.3) is 11.4 Å². The Labute approximate surface area is 126 Å². The highest BCUT2D eigenvalue weighted by Gasteiger charge is 2.16. The Morgan fingerprint density at radius 2 is 2.00 bits per heavy atom. The van der Waals surface area contributed by atoms with E-state index in [-0.39, 0.29) is 17.6 Å². The Morgan fingerprint density at radius 1 is 1.18 bits per heavy atom. The first-order chi connectivity index (χ1) is 10.7. The Hall–Kier alpha value is -3.16. The number of pyridine rings is 1. The van der Waals surface area contributed by atoms with Crippen molar-refractivity contribution in [2.24, 2.45) is 0 Å². The summed E-state index contributed by atoms with van der Waals surface area (Å²) < 4.78 is 0. The number of nitrogens with zero attached hydrogens (tertiary/aromatic N) is 5. The van der Waals surface area contributed by atoms with E-state index in [2.05, 4.69) is 35.5 Å². The Kier molecular flexibility index (Phi) is 3.82. The summed E-state index contributed by atoms with van der Waals surface area (Å²) in [5.41, 5.74) is 1.10. The van der Waals surface area contributed by atoms with Gasteiger partial charge in [-0.05, 0) is 19.1 Å². The zero-order valence-corrected chi connectivity index (χ0v) is 11.8. The maximum absolute atomic E-state index is 12.0. The molecule has 1 atom stereocenters. The van der Waals surface area contributed by atoms with Crippen LogP contribution in [0.2, 0.25) is 0 Å². The van der Waals surface area contributed by atoms with Gasteiger partial charge in [0, 0.05) is 30.4 Å². The molecule has 3 heterocycles.